The van der Waals surface area contributed by atoms with Gasteiger partial charge in [-0.15, -0.1) is 0 Å². The molecule has 0 unspecified atom stereocenters. The Labute approximate surface area is 245 Å². The minimum atomic E-state index is 0.640. The zero-order valence-electron chi connectivity index (χ0n) is 24.1. The van der Waals surface area contributed by atoms with Crippen molar-refractivity contribution in [3.05, 3.63) is 131 Å². The molecule has 4 aromatic carbocycles. The number of hydrogen-bond donors (Lipinski definition) is 0. The van der Waals surface area contributed by atoms with Crippen molar-refractivity contribution in [2.75, 3.05) is 62.2 Å². The van der Waals surface area contributed by atoms with Gasteiger partial charge in [0.15, 0.2) is 0 Å². The summed E-state index contributed by atoms with van der Waals surface area (Å²) >= 11 is 0. The number of para-hydroxylation sites is 2. The third-order valence-electron chi connectivity index (χ3n) is 8.32. The van der Waals surface area contributed by atoms with Gasteiger partial charge in [0.25, 0.3) is 0 Å². The van der Waals surface area contributed by atoms with Gasteiger partial charge in [-0.05, 0) is 46.5 Å². The molecule has 0 atom stereocenters. The standard InChI is InChI=1S/C36H42N4O/c1-3-13-35(14-4-1)39-21-17-37(18-22-39)27-31-9-7-11-33(25-31)29-41-30-34-12-8-10-32(26-34)28-38-19-23-40(24-20-38)36-15-5-2-6-16-36/h1-16,25-26H,17-24,27-30H2. The molecule has 6 rings (SSSR count). The summed E-state index contributed by atoms with van der Waals surface area (Å²) in [6.07, 6.45) is 0. The first kappa shape index (κ1) is 27.5. The van der Waals surface area contributed by atoms with E-state index in [4.69, 9.17) is 4.74 Å². The molecule has 0 N–H and O–H groups in total. The number of nitrogens with zero attached hydrogens (tertiary/aromatic N) is 4. The fourth-order valence-electron chi connectivity index (χ4n) is 6.04. The van der Waals surface area contributed by atoms with Crippen LogP contribution in [0.25, 0.3) is 0 Å². The van der Waals surface area contributed by atoms with E-state index in [0.717, 1.165) is 65.4 Å². The van der Waals surface area contributed by atoms with E-state index in [2.05, 4.69) is 129 Å². The summed E-state index contributed by atoms with van der Waals surface area (Å²) in [7, 11) is 0. The second kappa shape index (κ2) is 13.8. The fraction of sp³-hybridized carbons (Fsp3) is 0.333. The smallest absolute Gasteiger partial charge is 0.0721 e. The minimum absolute atomic E-state index is 0.640. The lowest BCUT2D eigenvalue weighted by atomic mass is 10.1. The summed E-state index contributed by atoms with van der Waals surface area (Å²) < 4.78 is 6.18. The van der Waals surface area contributed by atoms with Crippen molar-refractivity contribution in [1.82, 2.24) is 9.80 Å². The number of benzene rings is 4. The quantitative estimate of drug-likeness (QED) is 0.241. The number of ether oxygens (including phenoxy) is 1. The molecule has 2 heterocycles. The van der Waals surface area contributed by atoms with E-state index in [9.17, 15) is 0 Å². The Kier molecular flexibility index (Phi) is 9.28. The Bertz CT molecular complexity index is 1240. The molecule has 0 bridgehead atoms. The van der Waals surface area contributed by atoms with Gasteiger partial charge in [0.05, 0.1) is 13.2 Å². The molecule has 0 amide bonds. The van der Waals surface area contributed by atoms with Gasteiger partial charge in [-0.3, -0.25) is 9.80 Å². The van der Waals surface area contributed by atoms with Crippen molar-refractivity contribution >= 4 is 11.4 Å². The molecular formula is C36H42N4O. The van der Waals surface area contributed by atoms with Crippen LogP contribution < -0.4 is 9.80 Å². The van der Waals surface area contributed by atoms with Crippen molar-refractivity contribution in [1.29, 1.82) is 0 Å². The molecule has 2 fully saturated rings. The molecule has 0 saturated carbocycles. The maximum Gasteiger partial charge on any atom is 0.0721 e. The molecule has 0 aliphatic carbocycles. The molecule has 0 spiro atoms. The molecular weight excluding hydrogens is 504 g/mol. The Morgan fingerprint density at radius 1 is 0.415 bits per heavy atom. The topological polar surface area (TPSA) is 22.2 Å². The summed E-state index contributed by atoms with van der Waals surface area (Å²) in [5.41, 5.74) is 7.90. The zero-order chi connectivity index (χ0) is 27.7. The molecule has 2 aliphatic heterocycles. The number of piperazine rings is 2. The highest BCUT2D eigenvalue weighted by atomic mass is 16.5. The van der Waals surface area contributed by atoms with Crippen molar-refractivity contribution in [2.24, 2.45) is 0 Å². The van der Waals surface area contributed by atoms with Gasteiger partial charge in [-0.25, -0.2) is 0 Å². The van der Waals surface area contributed by atoms with Crippen LogP contribution >= 0.6 is 0 Å². The first-order chi connectivity index (χ1) is 20.3. The van der Waals surface area contributed by atoms with E-state index in [1.54, 1.807) is 0 Å². The van der Waals surface area contributed by atoms with Gasteiger partial charge < -0.3 is 14.5 Å². The SMILES string of the molecule is c1ccc(N2CCN(Cc3cccc(COCc4cccc(CN5CCN(c6ccccc6)CC5)c4)c3)CC2)cc1. The van der Waals surface area contributed by atoms with Gasteiger partial charge in [-0.2, -0.15) is 0 Å². The lowest BCUT2D eigenvalue weighted by molar-refractivity contribution is 0.107. The molecule has 2 aliphatic rings. The summed E-state index contributed by atoms with van der Waals surface area (Å²) in [4.78, 5) is 10.1. The van der Waals surface area contributed by atoms with Crippen LogP contribution in [0.5, 0.6) is 0 Å². The summed E-state index contributed by atoms with van der Waals surface area (Å²) in [5.74, 6) is 0. The monoisotopic (exact) mass is 546 g/mol. The maximum atomic E-state index is 6.18. The molecule has 0 radical (unpaired) electrons. The third kappa shape index (κ3) is 7.76. The maximum absolute atomic E-state index is 6.18. The lowest BCUT2D eigenvalue weighted by Crippen LogP contribution is -2.45. The Hall–Kier alpha value is -3.64. The second-order valence-corrected chi connectivity index (χ2v) is 11.3. The molecule has 5 heteroatoms. The number of hydrogen-bond acceptors (Lipinski definition) is 5. The Balaban J connectivity index is 0.937. The van der Waals surface area contributed by atoms with Crippen LogP contribution in [0.1, 0.15) is 22.3 Å². The van der Waals surface area contributed by atoms with Gasteiger partial charge in [0.2, 0.25) is 0 Å². The Morgan fingerprint density at radius 2 is 0.805 bits per heavy atom. The predicted molar refractivity (Wildman–Crippen MR) is 169 cm³/mol. The fourth-order valence-corrected chi connectivity index (χ4v) is 6.04. The van der Waals surface area contributed by atoms with Crippen molar-refractivity contribution in [3.63, 3.8) is 0 Å². The minimum Gasteiger partial charge on any atom is -0.372 e. The molecule has 4 aromatic rings. The Morgan fingerprint density at radius 3 is 1.22 bits per heavy atom. The zero-order valence-corrected chi connectivity index (χ0v) is 24.1. The second-order valence-electron chi connectivity index (χ2n) is 11.3. The van der Waals surface area contributed by atoms with Crippen molar-refractivity contribution in [2.45, 2.75) is 26.3 Å². The van der Waals surface area contributed by atoms with E-state index in [1.165, 1.54) is 33.6 Å². The van der Waals surface area contributed by atoms with Crippen LogP contribution in [0, 0.1) is 0 Å². The van der Waals surface area contributed by atoms with Gasteiger partial charge in [-0.1, -0.05) is 84.9 Å². The first-order valence-electron chi connectivity index (χ1n) is 15.1. The average molecular weight is 547 g/mol. The summed E-state index contributed by atoms with van der Waals surface area (Å²) in [6.45, 7) is 12.0. The van der Waals surface area contributed by atoms with Gasteiger partial charge in [0, 0.05) is 76.8 Å². The van der Waals surface area contributed by atoms with Gasteiger partial charge >= 0.3 is 0 Å². The van der Waals surface area contributed by atoms with Crippen LogP contribution in [-0.2, 0) is 31.0 Å². The molecule has 5 nitrogen and oxygen atoms in total. The van der Waals surface area contributed by atoms with Crippen molar-refractivity contribution in [3.8, 4) is 0 Å². The molecule has 0 aromatic heterocycles. The van der Waals surface area contributed by atoms with E-state index < -0.39 is 0 Å². The molecule has 212 valence electrons. The predicted octanol–water partition coefficient (Wildman–Crippen LogP) is 6.05. The van der Waals surface area contributed by atoms with E-state index in [0.29, 0.717) is 13.2 Å². The lowest BCUT2D eigenvalue weighted by Gasteiger charge is -2.36. The van der Waals surface area contributed by atoms with Crippen LogP contribution in [0.15, 0.2) is 109 Å². The van der Waals surface area contributed by atoms with Crippen LogP contribution in [0.2, 0.25) is 0 Å². The van der Waals surface area contributed by atoms with Crippen molar-refractivity contribution < 1.29 is 4.74 Å². The third-order valence-corrected chi connectivity index (χ3v) is 8.32. The van der Waals surface area contributed by atoms with E-state index in [1.807, 2.05) is 0 Å². The van der Waals surface area contributed by atoms with E-state index in [-0.39, 0.29) is 0 Å². The molecule has 41 heavy (non-hydrogen) atoms. The summed E-state index contributed by atoms with van der Waals surface area (Å²) in [6, 6.07) is 39.4. The highest BCUT2D eigenvalue weighted by molar-refractivity contribution is 5.47. The normalized spacial score (nSPS) is 16.7. The van der Waals surface area contributed by atoms with Crippen LogP contribution in [0.3, 0.4) is 0 Å². The van der Waals surface area contributed by atoms with Gasteiger partial charge in [0.1, 0.15) is 0 Å². The number of anilines is 2. The largest absolute Gasteiger partial charge is 0.372 e. The molecule has 2 saturated heterocycles. The first-order valence-corrected chi connectivity index (χ1v) is 15.1. The number of rotatable bonds is 10. The highest BCUT2D eigenvalue weighted by Crippen LogP contribution is 2.19. The van der Waals surface area contributed by atoms with E-state index >= 15 is 0 Å². The van der Waals surface area contributed by atoms with Crippen LogP contribution in [-0.4, -0.2) is 62.2 Å². The highest BCUT2D eigenvalue weighted by Gasteiger charge is 2.18. The summed E-state index contributed by atoms with van der Waals surface area (Å²) in [5, 5.41) is 0. The average Bonchev–Trinajstić information content (AvgIpc) is 3.03. The van der Waals surface area contributed by atoms with Crippen LogP contribution in [0.4, 0.5) is 11.4 Å².